The van der Waals surface area contributed by atoms with Crippen LogP contribution in [0.4, 0.5) is 10.9 Å². The zero-order chi connectivity index (χ0) is 19.9. The fourth-order valence-electron chi connectivity index (χ4n) is 3.05. The van der Waals surface area contributed by atoms with Gasteiger partial charge >= 0.3 is 0 Å². The molecule has 1 saturated carbocycles. The molecule has 0 atom stereocenters. The summed E-state index contributed by atoms with van der Waals surface area (Å²) >= 11 is 2.58. The fraction of sp³-hybridized carbons (Fsp3) is 0.421. The molecule has 0 aliphatic heterocycles. The minimum absolute atomic E-state index is 0.192. The molecule has 9 heteroatoms. The Hall–Kier alpha value is -1.94. The van der Waals surface area contributed by atoms with E-state index in [-0.39, 0.29) is 6.10 Å². The first-order valence-corrected chi connectivity index (χ1v) is 11.2. The number of aromatic nitrogens is 3. The number of nitrogens with zero attached hydrogens (tertiary/aromatic N) is 3. The number of nitrogens with one attached hydrogen (secondary N) is 1. The summed E-state index contributed by atoms with van der Waals surface area (Å²) in [5.41, 5.74) is 6.79. The molecule has 28 heavy (non-hydrogen) atoms. The number of fused-ring (bicyclic) bond motifs is 1. The van der Waals surface area contributed by atoms with Crippen molar-refractivity contribution in [1.29, 1.82) is 0 Å². The molecule has 1 fully saturated rings. The van der Waals surface area contributed by atoms with Crippen LogP contribution in [-0.2, 0) is 0 Å². The van der Waals surface area contributed by atoms with Gasteiger partial charge in [0.15, 0.2) is 4.34 Å². The maximum absolute atomic E-state index is 6.24. The Labute approximate surface area is 173 Å². The van der Waals surface area contributed by atoms with E-state index in [1.54, 1.807) is 12.4 Å². The molecule has 3 aromatic rings. The monoisotopic (exact) mass is 418 g/mol. The Morgan fingerprint density at radius 1 is 1.14 bits per heavy atom. The maximum atomic E-state index is 6.24. The number of thiazole rings is 1. The second kappa shape index (κ2) is 10.0. The standard InChI is InChI=1S/C17H20N6OS2.C2H6/c18-11-4-6-12(7-5-11)24-13-3-1-2-10-8-20-16(23-15(10)13)22-14-9-21-17(25-14)26-19;1-2/h1-3,8-9,11-12H,4-7,18-19H2,(H,20,22,23);1-2H3. The predicted molar refractivity (Wildman–Crippen MR) is 117 cm³/mol. The molecule has 1 aliphatic rings. The van der Waals surface area contributed by atoms with E-state index in [0.717, 1.165) is 63.6 Å². The molecule has 7 nitrogen and oxygen atoms in total. The van der Waals surface area contributed by atoms with E-state index in [1.807, 2.05) is 32.0 Å². The lowest BCUT2D eigenvalue weighted by Gasteiger charge is -2.27. The van der Waals surface area contributed by atoms with Crippen LogP contribution in [0.25, 0.3) is 10.9 Å². The smallest absolute Gasteiger partial charge is 0.228 e. The second-order valence-electron chi connectivity index (χ2n) is 6.28. The van der Waals surface area contributed by atoms with Crippen molar-refractivity contribution in [2.75, 3.05) is 5.32 Å². The van der Waals surface area contributed by atoms with E-state index < -0.39 is 0 Å². The highest BCUT2D eigenvalue weighted by atomic mass is 32.2. The highest BCUT2D eigenvalue weighted by Gasteiger charge is 2.21. The van der Waals surface area contributed by atoms with Gasteiger partial charge in [0, 0.05) is 17.6 Å². The lowest BCUT2D eigenvalue weighted by Crippen LogP contribution is -2.31. The van der Waals surface area contributed by atoms with Crippen molar-refractivity contribution in [3.05, 3.63) is 30.6 Å². The normalized spacial score (nSPS) is 19.0. The topological polar surface area (TPSA) is 112 Å². The summed E-state index contributed by atoms with van der Waals surface area (Å²) in [7, 11) is 0. The van der Waals surface area contributed by atoms with Crippen molar-refractivity contribution in [2.24, 2.45) is 10.9 Å². The highest BCUT2D eigenvalue weighted by molar-refractivity contribution is 7.98. The van der Waals surface area contributed by atoms with Crippen molar-refractivity contribution in [3.63, 3.8) is 0 Å². The zero-order valence-electron chi connectivity index (χ0n) is 16.1. The SMILES string of the molecule is CC.NSc1ncc(Nc2ncc3cccc(OC4CCC(N)CC4)c3n2)s1. The van der Waals surface area contributed by atoms with Crippen molar-refractivity contribution in [2.45, 2.75) is 56.0 Å². The lowest BCUT2D eigenvalue weighted by atomic mass is 9.94. The molecule has 2 heterocycles. The van der Waals surface area contributed by atoms with Crippen LogP contribution in [-0.4, -0.2) is 27.1 Å². The minimum Gasteiger partial charge on any atom is -0.488 e. The largest absolute Gasteiger partial charge is 0.488 e. The number of rotatable bonds is 5. The maximum Gasteiger partial charge on any atom is 0.228 e. The van der Waals surface area contributed by atoms with Crippen LogP contribution in [0.2, 0.25) is 0 Å². The molecule has 0 saturated heterocycles. The number of anilines is 2. The predicted octanol–water partition coefficient (Wildman–Crippen LogP) is 4.47. The molecule has 1 aromatic carbocycles. The third-order valence-electron chi connectivity index (χ3n) is 4.41. The molecule has 0 spiro atoms. The van der Waals surface area contributed by atoms with Gasteiger partial charge in [0.05, 0.1) is 12.3 Å². The zero-order valence-corrected chi connectivity index (χ0v) is 17.7. The van der Waals surface area contributed by atoms with E-state index >= 15 is 0 Å². The van der Waals surface area contributed by atoms with Gasteiger partial charge < -0.3 is 15.8 Å². The van der Waals surface area contributed by atoms with Gasteiger partial charge in [-0.1, -0.05) is 37.3 Å². The van der Waals surface area contributed by atoms with Crippen molar-refractivity contribution < 1.29 is 4.74 Å². The Balaban J connectivity index is 0.00000109. The summed E-state index contributed by atoms with van der Waals surface area (Å²) < 4.78 is 7.03. The van der Waals surface area contributed by atoms with E-state index in [9.17, 15) is 0 Å². The van der Waals surface area contributed by atoms with E-state index in [2.05, 4.69) is 20.3 Å². The van der Waals surface area contributed by atoms with E-state index in [0.29, 0.717) is 12.0 Å². The number of benzene rings is 1. The molecular weight excluding hydrogens is 392 g/mol. The Morgan fingerprint density at radius 3 is 2.64 bits per heavy atom. The third-order valence-corrected chi connectivity index (χ3v) is 5.96. The average molecular weight is 419 g/mol. The van der Waals surface area contributed by atoms with Crippen LogP contribution >= 0.6 is 23.3 Å². The lowest BCUT2D eigenvalue weighted by molar-refractivity contribution is 0.149. The molecular formula is C19H26N6OS2. The number of para-hydroxylation sites is 1. The average Bonchev–Trinajstić information content (AvgIpc) is 3.19. The first-order valence-electron chi connectivity index (χ1n) is 9.49. The Kier molecular flexibility index (Phi) is 7.43. The molecule has 4 rings (SSSR count). The van der Waals surface area contributed by atoms with Gasteiger partial charge in [0.1, 0.15) is 16.3 Å². The second-order valence-corrected chi connectivity index (χ2v) is 8.19. The summed E-state index contributed by atoms with van der Waals surface area (Å²) in [6, 6.07) is 6.22. The molecule has 0 unspecified atom stereocenters. The number of ether oxygens (including phenoxy) is 1. The van der Waals surface area contributed by atoms with Gasteiger partial charge in [-0.15, -0.1) is 0 Å². The quantitative estimate of drug-likeness (QED) is 0.520. The van der Waals surface area contributed by atoms with Gasteiger partial charge in [0.2, 0.25) is 5.95 Å². The van der Waals surface area contributed by atoms with Gasteiger partial charge in [-0.2, -0.15) is 0 Å². The molecule has 5 N–H and O–H groups in total. The van der Waals surface area contributed by atoms with Crippen LogP contribution in [0.3, 0.4) is 0 Å². The molecule has 1 aliphatic carbocycles. The molecule has 0 amide bonds. The third kappa shape index (κ3) is 5.11. The summed E-state index contributed by atoms with van der Waals surface area (Å²) in [6.07, 6.45) is 7.68. The molecule has 0 radical (unpaired) electrons. The first kappa shape index (κ1) is 20.8. The van der Waals surface area contributed by atoms with E-state index in [1.165, 1.54) is 11.3 Å². The van der Waals surface area contributed by atoms with Gasteiger partial charge in [-0.05, 0) is 43.7 Å². The number of nitrogens with two attached hydrogens (primary N) is 2. The van der Waals surface area contributed by atoms with Crippen LogP contribution in [0.15, 0.2) is 34.9 Å². The number of hydrogen-bond acceptors (Lipinski definition) is 9. The van der Waals surface area contributed by atoms with Crippen LogP contribution in [0.5, 0.6) is 5.75 Å². The van der Waals surface area contributed by atoms with Gasteiger partial charge in [-0.3, -0.25) is 5.14 Å². The van der Waals surface area contributed by atoms with Gasteiger partial charge in [-0.25, -0.2) is 15.0 Å². The molecule has 150 valence electrons. The summed E-state index contributed by atoms with van der Waals surface area (Å²) in [5.74, 6) is 1.30. The number of hydrogen-bond donors (Lipinski definition) is 3. The molecule has 0 bridgehead atoms. The van der Waals surface area contributed by atoms with Crippen LogP contribution in [0, 0.1) is 0 Å². The minimum atomic E-state index is 0.192. The molecule has 2 aromatic heterocycles. The van der Waals surface area contributed by atoms with Gasteiger partial charge in [0.25, 0.3) is 0 Å². The van der Waals surface area contributed by atoms with Crippen LogP contribution in [0.1, 0.15) is 39.5 Å². The fourth-order valence-corrected chi connectivity index (χ4v) is 4.17. The summed E-state index contributed by atoms with van der Waals surface area (Å²) in [5, 5.41) is 10.5. The Morgan fingerprint density at radius 2 is 1.93 bits per heavy atom. The van der Waals surface area contributed by atoms with Crippen molar-refractivity contribution in [3.8, 4) is 5.75 Å². The summed E-state index contributed by atoms with van der Waals surface area (Å²) in [6.45, 7) is 4.00. The van der Waals surface area contributed by atoms with Crippen molar-refractivity contribution >= 4 is 45.1 Å². The Bertz CT molecular complexity index is 895. The van der Waals surface area contributed by atoms with Crippen LogP contribution < -0.4 is 20.9 Å². The summed E-state index contributed by atoms with van der Waals surface area (Å²) in [4.78, 5) is 13.2. The van der Waals surface area contributed by atoms with E-state index in [4.69, 9.17) is 15.6 Å². The highest BCUT2D eigenvalue weighted by Crippen LogP contribution is 2.30. The first-order chi connectivity index (χ1) is 13.7. The van der Waals surface area contributed by atoms with Crippen molar-refractivity contribution in [1.82, 2.24) is 15.0 Å².